The van der Waals surface area contributed by atoms with E-state index in [1.165, 1.54) is 6.07 Å². The summed E-state index contributed by atoms with van der Waals surface area (Å²) in [5, 5.41) is 17.3. The normalized spacial score (nSPS) is 17.6. The zero-order chi connectivity index (χ0) is 17.4. The van der Waals surface area contributed by atoms with Gasteiger partial charge in [0.05, 0.1) is 11.5 Å². The van der Waals surface area contributed by atoms with Crippen LogP contribution >= 0.6 is 0 Å². The van der Waals surface area contributed by atoms with E-state index in [2.05, 4.69) is 20.5 Å². The molecule has 8 heteroatoms. The number of nitrogens with zero attached hydrogens (tertiary/aromatic N) is 3. The second-order valence-electron chi connectivity index (χ2n) is 5.79. The lowest BCUT2D eigenvalue weighted by atomic mass is 10.1. The number of nitrogens with one attached hydrogen (secondary N) is 2. The molecule has 0 saturated carbocycles. The topological polar surface area (TPSA) is 92.0 Å². The number of anilines is 1. The van der Waals surface area contributed by atoms with Gasteiger partial charge in [0.15, 0.2) is 5.96 Å². The van der Waals surface area contributed by atoms with Gasteiger partial charge in [-0.15, -0.1) is 0 Å². The van der Waals surface area contributed by atoms with Crippen molar-refractivity contribution in [3.05, 3.63) is 34.4 Å². The molecule has 0 bridgehead atoms. The van der Waals surface area contributed by atoms with Crippen LogP contribution in [0.3, 0.4) is 0 Å². The van der Waals surface area contributed by atoms with Crippen LogP contribution < -0.4 is 10.6 Å². The van der Waals surface area contributed by atoms with Crippen molar-refractivity contribution in [3.63, 3.8) is 0 Å². The minimum absolute atomic E-state index is 0.0835. The molecule has 1 aromatic rings. The van der Waals surface area contributed by atoms with Crippen molar-refractivity contribution in [2.24, 2.45) is 10.9 Å². The molecule has 0 spiro atoms. The number of hydrogen-bond donors (Lipinski definition) is 2. The van der Waals surface area contributed by atoms with Gasteiger partial charge in [-0.1, -0.05) is 12.1 Å². The van der Waals surface area contributed by atoms with Gasteiger partial charge in [0.2, 0.25) is 0 Å². The molecule has 1 unspecified atom stereocenters. The van der Waals surface area contributed by atoms with Crippen LogP contribution in [0.15, 0.2) is 29.3 Å². The summed E-state index contributed by atoms with van der Waals surface area (Å²) < 4.78 is 5.40. The number of ether oxygens (including phenoxy) is 1. The molecule has 0 amide bonds. The molecule has 1 saturated heterocycles. The van der Waals surface area contributed by atoms with Crippen molar-refractivity contribution in [2.75, 3.05) is 52.3 Å². The van der Waals surface area contributed by atoms with E-state index >= 15 is 0 Å². The summed E-state index contributed by atoms with van der Waals surface area (Å²) in [6.07, 6.45) is 1.08. The third-order valence-electron chi connectivity index (χ3n) is 3.95. The smallest absolute Gasteiger partial charge is 0.292 e. The fraction of sp³-hybridized carbons (Fsp3) is 0.562. The highest BCUT2D eigenvalue weighted by molar-refractivity contribution is 5.79. The lowest BCUT2D eigenvalue weighted by Gasteiger charge is -2.24. The summed E-state index contributed by atoms with van der Waals surface area (Å²) in [5.41, 5.74) is 0.607. The summed E-state index contributed by atoms with van der Waals surface area (Å²) in [4.78, 5) is 17.0. The summed E-state index contributed by atoms with van der Waals surface area (Å²) in [6, 6.07) is 6.63. The molecule has 1 aliphatic heterocycles. The van der Waals surface area contributed by atoms with Gasteiger partial charge in [-0.2, -0.15) is 0 Å². The number of hydrogen-bond acceptors (Lipinski definition) is 5. The zero-order valence-corrected chi connectivity index (χ0v) is 14.2. The molecule has 2 rings (SSSR count). The molecule has 1 fully saturated rings. The van der Waals surface area contributed by atoms with Crippen LogP contribution in [0.25, 0.3) is 0 Å². The lowest BCUT2D eigenvalue weighted by molar-refractivity contribution is -0.384. The first-order chi connectivity index (χ1) is 11.6. The van der Waals surface area contributed by atoms with E-state index in [0.717, 1.165) is 32.1 Å². The third-order valence-corrected chi connectivity index (χ3v) is 3.95. The molecule has 1 atom stereocenters. The Balaban J connectivity index is 1.77. The van der Waals surface area contributed by atoms with Crippen molar-refractivity contribution in [2.45, 2.75) is 6.42 Å². The summed E-state index contributed by atoms with van der Waals surface area (Å²) in [6.45, 7) is 3.72. The molecule has 1 aromatic carbocycles. The van der Waals surface area contributed by atoms with Crippen molar-refractivity contribution < 1.29 is 9.66 Å². The fourth-order valence-electron chi connectivity index (χ4n) is 2.74. The highest BCUT2D eigenvalue weighted by Gasteiger charge is 2.19. The van der Waals surface area contributed by atoms with E-state index in [4.69, 9.17) is 4.74 Å². The Morgan fingerprint density at radius 2 is 2.25 bits per heavy atom. The maximum Gasteiger partial charge on any atom is 0.292 e. The number of guanidine groups is 1. The van der Waals surface area contributed by atoms with Gasteiger partial charge in [0, 0.05) is 52.3 Å². The Hall–Kier alpha value is -2.35. The second-order valence-corrected chi connectivity index (χ2v) is 5.79. The number of benzene rings is 1. The molecule has 1 aliphatic rings. The Morgan fingerprint density at radius 3 is 2.92 bits per heavy atom. The minimum atomic E-state index is -0.383. The maximum atomic E-state index is 11.0. The predicted octanol–water partition coefficient (Wildman–Crippen LogP) is 1.55. The fourth-order valence-corrected chi connectivity index (χ4v) is 2.74. The third kappa shape index (κ3) is 5.09. The number of rotatable bonds is 7. The van der Waals surface area contributed by atoms with Gasteiger partial charge < -0.3 is 20.3 Å². The first-order valence-electron chi connectivity index (χ1n) is 8.08. The summed E-state index contributed by atoms with van der Waals surface area (Å²) in [7, 11) is 3.75. The predicted molar refractivity (Wildman–Crippen MR) is 94.5 cm³/mol. The monoisotopic (exact) mass is 335 g/mol. The highest BCUT2D eigenvalue weighted by Crippen LogP contribution is 2.22. The van der Waals surface area contributed by atoms with E-state index in [1.807, 2.05) is 7.05 Å². The molecule has 2 N–H and O–H groups in total. The van der Waals surface area contributed by atoms with Crippen molar-refractivity contribution in [1.82, 2.24) is 10.2 Å². The van der Waals surface area contributed by atoms with Gasteiger partial charge in [0.25, 0.3) is 5.69 Å². The minimum Gasteiger partial charge on any atom is -0.381 e. The molecule has 0 aliphatic carbocycles. The highest BCUT2D eigenvalue weighted by atomic mass is 16.6. The summed E-state index contributed by atoms with van der Waals surface area (Å²) >= 11 is 0. The number of nitro benzene ring substituents is 1. The standard InChI is InChI=1S/C16H25N5O3/c1-17-16(20(2)11-13-7-10-24-12-13)19-9-8-18-14-5-3-4-6-15(14)21(22)23/h3-6,13,18H,7-12H2,1-2H3,(H,17,19). The Morgan fingerprint density at radius 1 is 1.46 bits per heavy atom. The lowest BCUT2D eigenvalue weighted by Crippen LogP contribution is -2.43. The maximum absolute atomic E-state index is 11.0. The van der Waals surface area contributed by atoms with Crippen molar-refractivity contribution >= 4 is 17.3 Å². The van der Waals surface area contributed by atoms with Crippen LogP contribution in [0.1, 0.15) is 6.42 Å². The van der Waals surface area contributed by atoms with Crippen LogP contribution in [0.5, 0.6) is 0 Å². The molecule has 1 heterocycles. The largest absolute Gasteiger partial charge is 0.381 e. The first kappa shape index (κ1) is 18.0. The van der Waals surface area contributed by atoms with E-state index in [0.29, 0.717) is 24.7 Å². The van der Waals surface area contributed by atoms with E-state index < -0.39 is 0 Å². The SMILES string of the molecule is CN=C(NCCNc1ccccc1[N+](=O)[O-])N(C)CC1CCOC1. The van der Waals surface area contributed by atoms with Gasteiger partial charge in [-0.05, 0) is 12.5 Å². The summed E-state index contributed by atoms with van der Waals surface area (Å²) in [5.74, 6) is 1.35. The molecule has 132 valence electrons. The molecule has 24 heavy (non-hydrogen) atoms. The average molecular weight is 335 g/mol. The van der Waals surface area contributed by atoms with Crippen LogP contribution in [-0.4, -0.2) is 62.7 Å². The van der Waals surface area contributed by atoms with Crippen molar-refractivity contribution in [1.29, 1.82) is 0 Å². The zero-order valence-electron chi connectivity index (χ0n) is 14.2. The number of nitro groups is 1. The molecular weight excluding hydrogens is 310 g/mol. The Kier molecular flexibility index (Phi) is 6.80. The molecule has 8 nitrogen and oxygen atoms in total. The average Bonchev–Trinajstić information content (AvgIpc) is 3.08. The Labute approximate surface area is 142 Å². The molecule has 0 aromatic heterocycles. The van der Waals surface area contributed by atoms with Gasteiger partial charge >= 0.3 is 0 Å². The van der Waals surface area contributed by atoms with Gasteiger partial charge in [0.1, 0.15) is 5.69 Å². The number of aliphatic imine (C=N–C) groups is 1. The van der Waals surface area contributed by atoms with Crippen LogP contribution in [0.2, 0.25) is 0 Å². The van der Waals surface area contributed by atoms with Crippen LogP contribution in [-0.2, 0) is 4.74 Å². The Bertz CT molecular complexity index is 573. The van der Waals surface area contributed by atoms with Crippen LogP contribution in [0.4, 0.5) is 11.4 Å². The molecule has 0 radical (unpaired) electrons. The van der Waals surface area contributed by atoms with Gasteiger partial charge in [-0.3, -0.25) is 15.1 Å². The quantitative estimate of drug-likeness (QED) is 0.258. The van der Waals surface area contributed by atoms with Gasteiger partial charge in [-0.25, -0.2) is 0 Å². The van der Waals surface area contributed by atoms with E-state index in [9.17, 15) is 10.1 Å². The number of para-hydroxylation sites is 2. The van der Waals surface area contributed by atoms with E-state index in [-0.39, 0.29) is 10.6 Å². The van der Waals surface area contributed by atoms with Crippen molar-refractivity contribution in [3.8, 4) is 0 Å². The second kappa shape index (κ2) is 9.07. The molecular formula is C16H25N5O3. The van der Waals surface area contributed by atoms with E-state index in [1.54, 1.807) is 25.2 Å². The first-order valence-corrected chi connectivity index (χ1v) is 8.08. The van der Waals surface area contributed by atoms with Crippen LogP contribution in [0, 0.1) is 16.0 Å².